The van der Waals surface area contributed by atoms with Gasteiger partial charge in [0.05, 0.1) is 0 Å². The maximum absolute atomic E-state index is 12.4. The van der Waals surface area contributed by atoms with Gasteiger partial charge >= 0.3 is 11.4 Å². The fourth-order valence-corrected chi connectivity index (χ4v) is 1.90. The molecular weight excluding hydrogens is 286 g/mol. The molecule has 17 heavy (non-hydrogen) atoms. The highest BCUT2D eigenvalue weighted by Gasteiger charge is 2.28. The summed E-state index contributed by atoms with van der Waals surface area (Å²) in [7, 11) is 0.250. The molecule has 0 aliphatic rings. The van der Waals surface area contributed by atoms with Gasteiger partial charge in [-0.3, -0.25) is 0 Å². The normalized spacial score (nSPS) is 11.8. The number of nitrogens with one attached hydrogen (secondary N) is 1. The molecule has 7 nitrogen and oxygen atoms in total. The molecule has 1 aromatic rings. The molecule has 11 heteroatoms. The van der Waals surface area contributed by atoms with Gasteiger partial charge in [0.15, 0.2) is 4.90 Å². The third-order valence-corrected chi connectivity index (χ3v) is 3.02. The molecule has 0 saturated carbocycles. The smallest absolute Gasteiger partial charge is 0.351 e. The van der Waals surface area contributed by atoms with Gasteiger partial charge in [0.1, 0.15) is 5.56 Å². The van der Waals surface area contributed by atoms with Crippen LogP contribution in [0.1, 0.15) is 12.0 Å². The molecule has 0 aliphatic carbocycles. The summed E-state index contributed by atoms with van der Waals surface area (Å²) in [5, 5.41) is 10.4. The lowest BCUT2D eigenvalue weighted by Gasteiger charge is -2.03. The third-order valence-electron chi connectivity index (χ3n) is 1.70. The van der Waals surface area contributed by atoms with Crippen LogP contribution in [0.2, 0.25) is 0 Å². The first-order valence-corrected chi connectivity index (χ1v) is 6.10. The molecule has 94 valence electrons. The average Bonchev–Trinajstić information content (AvgIpc) is 2.14. The maximum atomic E-state index is 12.4. The second kappa shape index (κ2) is 4.37. The highest BCUT2D eigenvalue weighted by Crippen LogP contribution is 2.28. The fourth-order valence-electron chi connectivity index (χ4n) is 1.01. The van der Waals surface area contributed by atoms with E-state index >= 15 is 0 Å². The van der Waals surface area contributed by atoms with Crippen LogP contribution in [-0.4, -0.2) is 18.3 Å². The molecule has 0 saturated heterocycles. The van der Waals surface area contributed by atoms with Crippen LogP contribution < -0.4 is 5.56 Å². The van der Waals surface area contributed by atoms with E-state index in [2.05, 4.69) is 0 Å². The number of pyridine rings is 1. The molecule has 1 aromatic heterocycles. The van der Waals surface area contributed by atoms with Crippen LogP contribution in [0.5, 0.6) is 0 Å². The predicted molar refractivity (Wildman–Crippen MR) is 51.7 cm³/mol. The Morgan fingerprint density at radius 3 is 2.35 bits per heavy atom. The minimum atomic E-state index is -4.56. The second-order valence-electron chi connectivity index (χ2n) is 2.76. The minimum absolute atomic E-state index is 0.184. The maximum Gasteiger partial charge on any atom is 0.351 e. The van der Waals surface area contributed by atoms with Crippen molar-refractivity contribution in [3.8, 4) is 0 Å². The fraction of sp³-hybridized carbons (Fsp3) is 0.167. The number of alkyl halides is 2. The van der Waals surface area contributed by atoms with Crippen molar-refractivity contribution in [2.45, 2.75) is 11.3 Å². The van der Waals surface area contributed by atoms with Crippen LogP contribution in [0.25, 0.3) is 0 Å². The first kappa shape index (κ1) is 13.5. The van der Waals surface area contributed by atoms with Crippen LogP contribution in [0.15, 0.2) is 15.8 Å². The first-order chi connectivity index (χ1) is 7.64. The molecule has 1 rings (SSSR count). The van der Waals surface area contributed by atoms with E-state index in [0.717, 1.165) is 0 Å². The van der Waals surface area contributed by atoms with E-state index in [-0.39, 0.29) is 6.07 Å². The van der Waals surface area contributed by atoms with E-state index in [0.29, 0.717) is 0 Å². The SMILES string of the molecule is O=c1[nH]c([N+](=O)[O-])c(C(F)F)cc1S(=O)(=O)Cl. The van der Waals surface area contributed by atoms with E-state index in [1.807, 2.05) is 0 Å². The summed E-state index contributed by atoms with van der Waals surface area (Å²) < 4.78 is 46.5. The molecule has 0 unspecified atom stereocenters. The van der Waals surface area contributed by atoms with Crippen molar-refractivity contribution in [2.75, 3.05) is 0 Å². The highest BCUT2D eigenvalue weighted by molar-refractivity contribution is 8.13. The number of halogens is 3. The van der Waals surface area contributed by atoms with Crippen LogP contribution >= 0.6 is 10.7 Å². The van der Waals surface area contributed by atoms with Crippen molar-refractivity contribution < 1.29 is 22.1 Å². The molecule has 0 atom stereocenters. The molecule has 0 amide bonds. The Hall–Kier alpha value is -1.55. The number of H-pyrrole nitrogens is 1. The second-order valence-corrected chi connectivity index (χ2v) is 5.30. The van der Waals surface area contributed by atoms with Crippen molar-refractivity contribution in [3.05, 3.63) is 32.1 Å². The lowest BCUT2D eigenvalue weighted by atomic mass is 10.2. The molecule has 0 aromatic carbocycles. The Bertz CT molecular complexity index is 626. The van der Waals surface area contributed by atoms with E-state index in [9.17, 15) is 32.1 Å². The van der Waals surface area contributed by atoms with Crippen LogP contribution in [0.3, 0.4) is 0 Å². The number of aromatic nitrogens is 1. The largest absolute Gasteiger partial charge is 0.358 e. The number of rotatable bonds is 3. The van der Waals surface area contributed by atoms with Gasteiger partial charge in [0, 0.05) is 10.7 Å². The quantitative estimate of drug-likeness (QED) is 0.509. The van der Waals surface area contributed by atoms with Gasteiger partial charge in [-0.15, -0.1) is 0 Å². The van der Waals surface area contributed by atoms with E-state index in [1.54, 1.807) is 0 Å². The van der Waals surface area contributed by atoms with E-state index < -0.39 is 42.2 Å². The van der Waals surface area contributed by atoms with Gasteiger partial charge in [-0.2, -0.15) is 0 Å². The van der Waals surface area contributed by atoms with E-state index in [1.165, 1.54) is 4.98 Å². The summed E-state index contributed by atoms with van der Waals surface area (Å²) in [5.41, 5.74) is -2.66. The van der Waals surface area contributed by atoms with Gasteiger partial charge in [-0.1, -0.05) is 0 Å². The Kier molecular flexibility index (Phi) is 3.48. The number of aromatic amines is 1. The molecule has 1 heterocycles. The molecule has 0 radical (unpaired) electrons. The van der Waals surface area contributed by atoms with Crippen LogP contribution in [-0.2, 0) is 9.05 Å². The lowest BCUT2D eigenvalue weighted by molar-refractivity contribution is -0.391. The Labute approximate surface area is 96.6 Å². The Morgan fingerprint density at radius 2 is 2.00 bits per heavy atom. The molecule has 0 aliphatic heterocycles. The Morgan fingerprint density at radius 1 is 1.47 bits per heavy atom. The summed E-state index contributed by atoms with van der Waals surface area (Å²) in [6, 6.07) is 0.184. The molecule has 0 fully saturated rings. The van der Waals surface area contributed by atoms with Gasteiger partial charge < -0.3 is 10.1 Å². The van der Waals surface area contributed by atoms with Gasteiger partial charge in [0.2, 0.25) is 0 Å². The highest BCUT2D eigenvalue weighted by atomic mass is 35.7. The van der Waals surface area contributed by atoms with Gasteiger partial charge in [-0.25, -0.2) is 27.0 Å². The van der Waals surface area contributed by atoms with Crippen molar-refractivity contribution in [2.24, 2.45) is 0 Å². The predicted octanol–water partition coefficient (Wildman–Crippen LogP) is 1.15. The standard InChI is InChI=1S/C6H3ClF2N2O5S/c7-17(15,16)3-1-2(4(8)9)5(11(13)14)10-6(3)12/h1,4H,(H,10,12). The van der Waals surface area contributed by atoms with Gasteiger partial charge in [-0.05, 0) is 11.0 Å². The molecule has 1 N–H and O–H groups in total. The summed E-state index contributed by atoms with van der Waals surface area (Å²) in [4.78, 5) is 20.5. The topological polar surface area (TPSA) is 110 Å². The minimum Gasteiger partial charge on any atom is -0.358 e. The van der Waals surface area contributed by atoms with Crippen molar-refractivity contribution in [1.29, 1.82) is 0 Å². The molecular formula is C6H3ClF2N2O5S. The third kappa shape index (κ3) is 2.77. The zero-order valence-electron chi connectivity index (χ0n) is 7.69. The first-order valence-electron chi connectivity index (χ1n) is 3.79. The van der Waals surface area contributed by atoms with Crippen molar-refractivity contribution >= 4 is 25.6 Å². The zero-order valence-corrected chi connectivity index (χ0v) is 9.26. The van der Waals surface area contributed by atoms with Gasteiger partial charge in [0.25, 0.3) is 15.5 Å². The average molecular weight is 289 g/mol. The monoisotopic (exact) mass is 288 g/mol. The number of hydrogen-bond acceptors (Lipinski definition) is 5. The zero-order chi connectivity index (χ0) is 13.4. The summed E-state index contributed by atoms with van der Waals surface area (Å²) in [6.45, 7) is 0. The summed E-state index contributed by atoms with van der Waals surface area (Å²) in [6.07, 6.45) is -3.33. The number of nitro groups is 1. The van der Waals surface area contributed by atoms with Crippen LogP contribution in [0, 0.1) is 10.1 Å². The summed E-state index contributed by atoms with van der Waals surface area (Å²) >= 11 is 0. The van der Waals surface area contributed by atoms with Crippen molar-refractivity contribution in [1.82, 2.24) is 4.98 Å². The number of hydrogen-bond donors (Lipinski definition) is 1. The molecule has 0 bridgehead atoms. The molecule has 0 spiro atoms. The van der Waals surface area contributed by atoms with Crippen LogP contribution in [0.4, 0.5) is 14.6 Å². The van der Waals surface area contributed by atoms with Crippen molar-refractivity contribution in [3.63, 3.8) is 0 Å². The number of nitrogens with zero attached hydrogens (tertiary/aromatic N) is 1. The summed E-state index contributed by atoms with van der Waals surface area (Å²) in [5.74, 6) is -1.27. The Balaban J connectivity index is 3.69. The lowest BCUT2D eigenvalue weighted by Crippen LogP contribution is -2.17. The van der Waals surface area contributed by atoms with E-state index in [4.69, 9.17) is 10.7 Å².